The van der Waals surface area contributed by atoms with Gasteiger partial charge in [-0.1, -0.05) is 54.6 Å². The Morgan fingerprint density at radius 2 is 1.81 bits per heavy atom. The fourth-order valence-corrected chi connectivity index (χ4v) is 3.75. The Labute approximate surface area is 152 Å². The van der Waals surface area contributed by atoms with Gasteiger partial charge in [-0.15, -0.1) is 0 Å². The van der Waals surface area contributed by atoms with E-state index in [4.69, 9.17) is 5.73 Å². The standard InChI is InChI=1S/C22H21N3O/c1-24-22(26)21-18-11-10-15(12-19(18)25(2)20(21)13-23)17-9-5-7-14-6-3-4-8-16(14)17/h3-12H,13,23H2,1-2H3,(H,24,26). The fraction of sp³-hybridized carbons (Fsp3) is 0.136. The quantitative estimate of drug-likeness (QED) is 0.594. The molecule has 3 N–H and O–H groups in total. The smallest absolute Gasteiger partial charge is 0.253 e. The van der Waals surface area contributed by atoms with Crippen LogP contribution >= 0.6 is 0 Å². The van der Waals surface area contributed by atoms with E-state index >= 15 is 0 Å². The van der Waals surface area contributed by atoms with E-state index in [0.29, 0.717) is 12.1 Å². The predicted molar refractivity (Wildman–Crippen MR) is 107 cm³/mol. The van der Waals surface area contributed by atoms with Crippen molar-refractivity contribution in [2.75, 3.05) is 7.05 Å². The number of rotatable bonds is 3. The van der Waals surface area contributed by atoms with Crippen LogP contribution in [-0.2, 0) is 13.6 Å². The number of nitrogens with one attached hydrogen (secondary N) is 1. The maximum absolute atomic E-state index is 12.4. The molecule has 0 aliphatic rings. The van der Waals surface area contributed by atoms with Crippen LogP contribution in [0.15, 0.2) is 60.7 Å². The molecule has 0 radical (unpaired) electrons. The van der Waals surface area contributed by atoms with Gasteiger partial charge in [-0.3, -0.25) is 4.79 Å². The summed E-state index contributed by atoms with van der Waals surface area (Å²) in [5.74, 6) is -0.103. The zero-order valence-corrected chi connectivity index (χ0v) is 14.9. The normalized spacial score (nSPS) is 11.2. The molecular weight excluding hydrogens is 322 g/mol. The minimum atomic E-state index is -0.103. The molecule has 26 heavy (non-hydrogen) atoms. The first kappa shape index (κ1) is 16.4. The van der Waals surface area contributed by atoms with E-state index in [0.717, 1.165) is 22.2 Å². The summed E-state index contributed by atoms with van der Waals surface area (Å²) in [6, 6.07) is 21.0. The molecule has 1 heterocycles. The average Bonchev–Trinajstić information content (AvgIpc) is 2.98. The largest absolute Gasteiger partial charge is 0.355 e. The molecule has 0 aliphatic carbocycles. The first-order valence-corrected chi connectivity index (χ1v) is 8.67. The summed E-state index contributed by atoms with van der Waals surface area (Å²) < 4.78 is 2.02. The highest BCUT2D eigenvalue weighted by molar-refractivity contribution is 6.09. The maximum atomic E-state index is 12.4. The van der Waals surface area contributed by atoms with Crippen LogP contribution in [0.4, 0.5) is 0 Å². The lowest BCUT2D eigenvalue weighted by Gasteiger charge is -2.08. The second-order valence-electron chi connectivity index (χ2n) is 6.42. The highest BCUT2D eigenvalue weighted by Gasteiger charge is 2.20. The van der Waals surface area contributed by atoms with E-state index in [-0.39, 0.29) is 5.91 Å². The van der Waals surface area contributed by atoms with Crippen molar-refractivity contribution in [1.29, 1.82) is 0 Å². The minimum absolute atomic E-state index is 0.103. The van der Waals surface area contributed by atoms with Gasteiger partial charge in [0.15, 0.2) is 0 Å². The van der Waals surface area contributed by atoms with Crippen LogP contribution in [0.25, 0.3) is 32.8 Å². The van der Waals surface area contributed by atoms with Crippen molar-refractivity contribution in [3.8, 4) is 11.1 Å². The molecule has 0 saturated carbocycles. The molecule has 4 nitrogen and oxygen atoms in total. The summed E-state index contributed by atoms with van der Waals surface area (Å²) in [5.41, 5.74) is 10.8. The fourth-order valence-electron chi connectivity index (χ4n) is 3.75. The third kappa shape index (κ3) is 2.38. The van der Waals surface area contributed by atoms with Crippen LogP contribution in [0, 0.1) is 0 Å². The van der Waals surface area contributed by atoms with Gasteiger partial charge < -0.3 is 15.6 Å². The first-order chi connectivity index (χ1) is 12.7. The molecule has 0 atom stereocenters. The van der Waals surface area contributed by atoms with Crippen molar-refractivity contribution in [2.24, 2.45) is 12.8 Å². The number of carbonyl (C=O) groups excluding carboxylic acids is 1. The number of aryl methyl sites for hydroxylation is 1. The second kappa shape index (κ2) is 6.32. The van der Waals surface area contributed by atoms with Gasteiger partial charge in [0, 0.05) is 37.2 Å². The Bertz CT molecular complexity index is 1140. The molecule has 4 aromatic rings. The Morgan fingerprint density at radius 1 is 1.04 bits per heavy atom. The molecule has 1 amide bonds. The number of benzene rings is 3. The summed E-state index contributed by atoms with van der Waals surface area (Å²) in [6.07, 6.45) is 0. The molecule has 1 aromatic heterocycles. The van der Waals surface area contributed by atoms with Crippen molar-refractivity contribution >= 4 is 27.6 Å². The summed E-state index contributed by atoms with van der Waals surface area (Å²) in [4.78, 5) is 12.4. The predicted octanol–water partition coefficient (Wildman–Crippen LogP) is 3.82. The number of hydrogen-bond acceptors (Lipinski definition) is 2. The van der Waals surface area contributed by atoms with Crippen LogP contribution in [0.5, 0.6) is 0 Å². The van der Waals surface area contributed by atoms with Gasteiger partial charge in [-0.25, -0.2) is 0 Å². The van der Waals surface area contributed by atoms with E-state index in [1.807, 2.05) is 17.7 Å². The topological polar surface area (TPSA) is 60.1 Å². The maximum Gasteiger partial charge on any atom is 0.253 e. The molecule has 0 fully saturated rings. The van der Waals surface area contributed by atoms with Crippen LogP contribution in [0.1, 0.15) is 16.1 Å². The van der Waals surface area contributed by atoms with Crippen molar-refractivity contribution in [2.45, 2.75) is 6.54 Å². The average molecular weight is 343 g/mol. The number of amides is 1. The molecule has 0 unspecified atom stereocenters. The molecule has 4 rings (SSSR count). The van der Waals surface area contributed by atoms with Gasteiger partial charge in [0.05, 0.1) is 5.56 Å². The number of hydrogen-bond donors (Lipinski definition) is 2. The van der Waals surface area contributed by atoms with Gasteiger partial charge in [-0.2, -0.15) is 0 Å². The molecule has 0 aliphatic heterocycles. The summed E-state index contributed by atoms with van der Waals surface area (Å²) >= 11 is 0. The Kier molecular flexibility index (Phi) is 3.98. The molecular formula is C22H21N3O. The first-order valence-electron chi connectivity index (χ1n) is 8.67. The molecule has 3 aromatic carbocycles. The lowest BCUT2D eigenvalue weighted by atomic mass is 9.97. The van der Waals surface area contributed by atoms with Gasteiger partial charge in [0.1, 0.15) is 0 Å². The van der Waals surface area contributed by atoms with E-state index in [9.17, 15) is 4.79 Å². The summed E-state index contributed by atoms with van der Waals surface area (Å²) in [5, 5.41) is 6.08. The lowest BCUT2D eigenvalue weighted by molar-refractivity contribution is 0.0963. The van der Waals surface area contributed by atoms with Crippen LogP contribution < -0.4 is 11.1 Å². The molecule has 4 heteroatoms. The third-order valence-corrected chi connectivity index (χ3v) is 5.07. The van der Waals surface area contributed by atoms with Crippen molar-refractivity contribution in [1.82, 2.24) is 9.88 Å². The van der Waals surface area contributed by atoms with Gasteiger partial charge >= 0.3 is 0 Å². The van der Waals surface area contributed by atoms with Gasteiger partial charge in [0.25, 0.3) is 5.91 Å². The highest BCUT2D eigenvalue weighted by atomic mass is 16.1. The van der Waals surface area contributed by atoms with E-state index in [2.05, 4.69) is 59.9 Å². The molecule has 0 bridgehead atoms. The second-order valence-corrected chi connectivity index (χ2v) is 6.42. The number of nitrogens with two attached hydrogens (primary N) is 1. The van der Waals surface area contributed by atoms with Crippen molar-refractivity contribution in [3.05, 3.63) is 71.9 Å². The monoisotopic (exact) mass is 343 g/mol. The number of carbonyl (C=O) groups is 1. The van der Waals surface area contributed by atoms with Gasteiger partial charge in [0.2, 0.25) is 0 Å². The van der Waals surface area contributed by atoms with Gasteiger partial charge in [-0.05, 0) is 28.0 Å². The lowest BCUT2D eigenvalue weighted by Crippen LogP contribution is -2.20. The molecule has 0 spiro atoms. The minimum Gasteiger partial charge on any atom is -0.355 e. The number of fused-ring (bicyclic) bond motifs is 2. The Morgan fingerprint density at radius 3 is 2.58 bits per heavy atom. The van der Waals surface area contributed by atoms with Crippen molar-refractivity contribution in [3.63, 3.8) is 0 Å². The zero-order chi connectivity index (χ0) is 18.3. The number of aromatic nitrogens is 1. The summed E-state index contributed by atoms with van der Waals surface area (Å²) in [7, 11) is 3.61. The SMILES string of the molecule is CNC(=O)c1c(CN)n(C)c2cc(-c3cccc4ccccc34)ccc12. The van der Waals surface area contributed by atoms with Crippen LogP contribution in [-0.4, -0.2) is 17.5 Å². The Balaban J connectivity index is 1.99. The summed E-state index contributed by atoms with van der Waals surface area (Å²) in [6.45, 7) is 0.317. The van der Waals surface area contributed by atoms with Crippen LogP contribution in [0.2, 0.25) is 0 Å². The van der Waals surface area contributed by atoms with E-state index < -0.39 is 0 Å². The Hall–Kier alpha value is -3.11. The zero-order valence-electron chi connectivity index (χ0n) is 14.9. The van der Waals surface area contributed by atoms with Crippen LogP contribution in [0.3, 0.4) is 0 Å². The van der Waals surface area contributed by atoms with E-state index in [1.54, 1.807) is 7.05 Å². The van der Waals surface area contributed by atoms with Crippen molar-refractivity contribution < 1.29 is 4.79 Å². The van der Waals surface area contributed by atoms with E-state index in [1.165, 1.54) is 16.3 Å². The molecule has 130 valence electrons. The highest BCUT2D eigenvalue weighted by Crippen LogP contribution is 2.33. The molecule has 0 saturated heterocycles. The third-order valence-electron chi connectivity index (χ3n) is 5.07. The number of nitrogens with zero attached hydrogens (tertiary/aromatic N) is 1.